The first kappa shape index (κ1) is 11.6. The Kier molecular flexibility index (Phi) is 3.28. The Hall–Kier alpha value is -0.910. The van der Waals surface area contributed by atoms with Gasteiger partial charge in [0.2, 0.25) is 0 Å². The lowest BCUT2D eigenvalue weighted by Gasteiger charge is -2.24. The molecule has 6 heteroatoms. The summed E-state index contributed by atoms with van der Waals surface area (Å²) in [5, 5.41) is 4.15. The van der Waals surface area contributed by atoms with Crippen molar-refractivity contribution in [3.63, 3.8) is 0 Å². The smallest absolute Gasteiger partial charge is 0.269 e. The summed E-state index contributed by atoms with van der Waals surface area (Å²) in [6.45, 7) is 0. The van der Waals surface area contributed by atoms with Crippen molar-refractivity contribution < 1.29 is 8.78 Å². The normalized spacial score (nSPS) is 21.2. The van der Waals surface area contributed by atoms with E-state index in [1.165, 1.54) is 0 Å². The molecule has 0 amide bonds. The van der Waals surface area contributed by atoms with E-state index in [1.807, 2.05) is 0 Å². The highest BCUT2D eigenvalue weighted by Gasteiger charge is 2.23. The number of anilines is 1. The average molecular weight is 292 g/mol. The molecule has 1 aromatic heterocycles. The predicted octanol–water partition coefficient (Wildman–Crippen LogP) is 3.49. The second kappa shape index (κ2) is 4.53. The summed E-state index contributed by atoms with van der Waals surface area (Å²) in [6.07, 6.45) is 0.745. The molecule has 88 valence electrons. The highest BCUT2D eigenvalue weighted by molar-refractivity contribution is 9.10. The summed E-state index contributed by atoms with van der Waals surface area (Å²) in [5.41, 5.74) is 5.86. The number of nitrogen functional groups attached to an aromatic ring is 1. The number of nitrogens with two attached hydrogens (primary N) is 1. The molecule has 3 nitrogen and oxygen atoms in total. The monoisotopic (exact) mass is 291 g/mol. The number of allylic oxidation sites excluding steroid dienone is 1. The van der Waals surface area contributed by atoms with E-state index in [-0.39, 0.29) is 11.6 Å². The molecule has 2 rings (SSSR count). The van der Waals surface area contributed by atoms with Gasteiger partial charge in [-0.05, 0) is 47.2 Å². The van der Waals surface area contributed by atoms with E-state index in [0.29, 0.717) is 31.5 Å². The van der Waals surface area contributed by atoms with Crippen LogP contribution in [0.2, 0.25) is 0 Å². The van der Waals surface area contributed by atoms with Crippen LogP contribution < -0.4 is 5.73 Å². The van der Waals surface area contributed by atoms with Crippen molar-refractivity contribution in [3.8, 4) is 0 Å². The lowest BCUT2D eigenvalue weighted by molar-refractivity contribution is 0.336. The Morgan fingerprint density at radius 2 is 2.06 bits per heavy atom. The SMILES string of the molecule is Nc1cc(Br)n(C2CCC(=C(F)F)CC2)n1. The predicted molar refractivity (Wildman–Crippen MR) is 61.1 cm³/mol. The minimum atomic E-state index is -1.52. The van der Waals surface area contributed by atoms with Gasteiger partial charge in [0.15, 0.2) is 0 Å². The van der Waals surface area contributed by atoms with Crippen LogP contribution in [0.5, 0.6) is 0 Å². The van der Waals surface area contributed by atoms with E-state index < -0.39 is 6.08 Å². The number of rotatable bonds is 1. The van der Waals surface area contributed by atoms with Crippen molar-refractivity contribution in [3.05, 3.63) is 22.3 Å². The lowest BCUT2D eigenvalue weighted by atomic mass is 9.92. The average Bonchev–Trinajstić information content (AvgIpc) is 2.58. The van der Waals surface area contributed by atoms with Gasteiger partial charge in [-0.1, -0.05) is 0 Å². The Bertz CT molecular complexity index is 414. The van der Waals surface area contributed by atoms with Gasteiger partial charge >= 0.3 is 0 Å². The maximum Gasteiger partial charge on any atom is 0.269 e. The molecule has 1 saturated carbocycles. The molecule has 1 aliphatic carbocycles. The van der Waals surface area contributed by atoms with Gasteiger partial charge in [-0.15, -0.1) is 0 Å². The first-order valence-corrected chi connectivity index (χ1v) is 5.90. The van der Waals surface area contributed by atoms with Crippen LogP contribution in [0.4, 0.5) is 14.6 Å². The van der Waals surface area contributed by atoms with Crippen molar-refractivity contribution in [2.24, 2.45) is 0 Å². The summed E-state index contributed by atoms with van der Waals surface area (Å²) < 4.78 is 27.3. The van der Waals surface area contributed by atoms with Gasteiger partial charge in [-0.2, -0.15) is 13.9 Å². The van der Waals surface area contributed by atoms with Crippen LogP contribution in [-0.4, -0.2) is 9.78 Å². The molecule has 0 aliphatic heterocycles. The van der Waals surface area contributed by atoms with E-state index in [0.717, 1.165) is 4.60 Å². The van der Waals surface area contributed by atoms with Crippen LogP contribution in [-0.2, 0) is 0 Å². The molecule has 0 saturated heterocycles. The first-order chi connectivity index (χ1) is 7.58. The molecule has 2 N–H and O–H groups in total. The fraction of sp³-hybridized carbons (Fsp3) is 0.500. The minimum Gasteiger partial charge on any atom is -0.382 e. The largest absolute Gasteiger partial charge is 0.382 e. The van der Waals surface area contributed by atoms with Crippen molar-refractivity contribution >= 4 is 21.7 Å². The zero-order chi connectivity index (χ0) is 11.7. The molecular formula is C10H12BrF2N3. The van der Waals surface area contributed by atoms with Gasteiger partial charge in [0.25, 0.3) is 6.08 Å². The first-order valence-electron chi connectivity index (χ1n) is 5.11. The van der Waals surface area contributed by atoms with E-state index >= 15 is 0 Å². The molecule has 16 heavy (non-hydrogen) atoms. The second-order valence-electron chi connectivity index (χ2n) is 3.93. The summed E-state index contributed by atoms with van der Waals surface area (Å²) in [5.74, 6) is 0.449. The fourth-order valence-corrected chi connectivity index (χ4v) is 2.63. The van der Waals surface area contributed by atoms with Crippen LogP contribution in [0.3, 0.4) is 0 Å². The van der Waals surface area contributed by atoms with Crippen molar-refractivity contribution in [1.82, 2.24) is 9.78 Å². The topological polar surface area (TPSA) is 43.8 Å². The summed E-state index contributed by atoms with van der Waals surface area (Å²) in [4.78, 5) is 0. The summed E-state index contributed by atoms with van der Waals surface area (Å²) in [6, 6.07) is 1.89. The molecule has 0 aromatic carbocycles. The maximum absolute atomic E-state index is 12.4. The quantitative estimate of drug-likeness (QED) is 0.861. The molecule has 1 aliphatic rings. The van der Waals surface area contributed by atoms with Gasteiger partial charge in [-0.25, -0.2) is 0 Å². The van der Waals surface area contributed by atoms with Gasteiger partial charge in [0, 0.05) is 6.07 Å². The van der Waals surface area contributed by atoms with E-state index in [9.17, 15) is 8.78 Å². The molecule has 1 heterocycles. The van der Waals surface area contributed by atoms with Crippen molar-refractivity contribution in [2.75, 3.05) is 5.73 Å². The number of hydrogen-bond donors (Lipinski definition) is 1. The van der Waals surface area contributed by atoms with E-state index in [2.05, 4.69) is 21.0 Å². The third-order valence-corrected chi connectivity index (χ3v) is 3.47. The van der Waals surface area contributed by atoms with Crippen LogP contribution in [0.25, 0.3) is 0 Å². The highest BCUT2D eigenvalue weighted by Crippen LogP contribution is 2.35. The second-order valence-corrected chi connectivity index (χ2v) is 4.74. The Morgan fingerprint density at radius 3 is 2.50 bits per heavy atom. The molecule has 1 aromatic rings. The zero-order valence-electron chi connectivity index (χ0n) is 8.59. The van der Waals surface area contributed by atoms with Crippen LogP contribution in [0, 0.1) is 0 Å². The third-order valence-electron chi connectivity index (χ3n) is 2.88. The summed E-state index contributed by atoms with van der Waals surface area (Å²) in [7, 11) is 0. The molecule has 0 atom stereocenters. The van der Waals surface area contributed by atoms with Gasteiger partial charge in [0.05, 0.1) is 6.04 Å². The third kappa shape index (κ3) is 2.26. The molecule has 1 fully saturated rings. The molecule has 0 unspecified atom stereocenters. The fourth-order valence-electron chi connectivity index (χ4n) is 2.03. The lowest BCUT2D eigenvalue weighted by Crippen LogP contribution is -2.16. The van der Waals surface area contributed by atoms with Crippen LogP contribution in [0.1, 0.15) is 31.7 Å². The number of hydrogen-bond acceptors (Lipinski definition) is 2. The zero-order valence-corrected chi connectivity index (χ0v) is 10.2. The van der Waals surface area contributed by atoms with Crippen LogP contribution in [0.15, 0.2) is 22.3 Å². The molecule has 0 spiro atoms. The van der Waals surface area contributed by atoms with Crippen molar-refractivity contribution in [1.29, 1.82) is 0 Å². The highest BCUT2D eigenvalue weighted by atomic mass is 79.9. The van der Waals surface area contributed by atoms with E-state index in [4.69, 9.17) is 5.73 Å². The Balaban J connectivity index is 2.10. The molecular weight excluding hydrogens is 280 g/mol. The van der Waals surface area contributed by atoms with Gasteiger partial charge < -0.3 is 5.73 Å². The van der Waals surface area contributed by atoms with E-state index in [1.54, 1.807) is 10.7 Å². The standard InChI is InChI=1S/C10H12BrF2N3/c11-8-5-9(14)15-16(8)7-3-1-6(2-4-7)10(12)13/h5,7H,1-4H2,(H2,14,15). The van der Waals surface area contributed by atoms with Crippen molar-refractivity contribution in [2.45, 2.75) is 31.7 Å². The number of halogens is 3. The molecule has 0 radical (unpaired) electrons. The maximum atomic E-state index is 12.4. The summed E-state index contributed by atoms with van der Waals surface area (Å²) >= 11 is 3.36. The van der Waals surface area contributed by atoms with Crippen LogP contribution >= 0.6 is 15.9 Å². The number of aromatic nitrogens is 2. The minimum absolute atomic E-state index is 0.162. The Labute approximate surface area is 100 Å². The number of nitrogens with zero attached hydrogens (tertiary/aromatic N) is 2. The van der Waals surface area contributed by atoms with Gasteiger partial charge in [-0.3, -0.25) is 4.68 Å². The molecule has 0 bridgehead atoms. The Morgan fingerprint density at radius 1 is 1.44 bits per heavy atom. The van der Waals surface area contributed by atoms with Gasteiger partial charge in [0.1, 0.15) is 10.4 Å².